The molecule has 0 unspecified atom stereocenters. The molecule has 1 aromatic rings. The first kappa shape index (κ1) is 9.68. The second kappa shape index (κ2) is 3.15. The summed E-state index contributed by atoms with van der Waals surface area (Å²) in [4.78, 5) is 10.4. The third kappa shape index (κ3) is 2.53. The van der Waals surface area contributed by atoms with Gasteiger partial charge in [-0.2, -0.15) is 5.10 Å². The standard InChI is InChI=1S/C5H8N4O3S/c6-4(10)3-9-2-1-5(8-9)13(7,11)12/h1-2H,3H2,(H2,6,10)(H2,7,11,12). The van der Waals surface area contributed by atoms with Crippen molar-refractivity contribution in [3.05, 3.63) is 12.3 Å². The predicted molar refractivity (Wildman–Crippen MR) is 42.8 cm³/mol. The fourth-order valence-electron chi connectivity index (χ4n) is 0.743. The zero-order chi connectivity index (χ0) is 10.1. The van der Waals surface area contributed by atoms with Gasteiger partial charge >= 0.3 is 0 Å². The Labute approximate surface area is 74.4 Å². The third-order valence-electron chi connectivity index (χ3n) is 1.23. The largest absolute Gasteiger partial charge is 0.368 e. The van der Waals surface area contributed by atoms with E-state index in [-0.39, 0.29) is 11.6 Å². The van der Waals surface area contributed by atoms with Crippen molar-refractivity contribution < 1.29 is 13.2 Å². The molecule has 1 amide bonds. The quantitative estimate of drug-likeness (QED) is 0.592. The van der Waals surface area contributed by atoms with E-state index in [1.54, 1.807) is 0 Å². The maximum atomic E-state index is 10.7. The van der Waals surface area contributed by atoms with Crippen LogP contribution in [-0.2, 0) is 21.4 Å². The van der Waals surface area contributed by atoms with Crippen LogP contribution in [-0.4, -0.2) is 24.1 Å². The molecule has 13 heavy (non-hydrogen) atoms. The van der Waals surface area contributed by atoms with E-state index in [1.807, 2.05) is 0 Å². The Morgan fingerprint density at radius 2 is 2.23 bits per heavy atom. The van der Waals surface area contributed by atoms with Crippen LogP contribution in [0.15, 0.2) is 17.3 Å². The molecule has 1 aromatic heterocycles. The fraction of sp³-hybridized carbons (Fsp3) is 0.200. The van der Waals surface area contributed by atoms with Gasteiger partial charge in [-0.1, -0.05) is 0 Å². The topological polar surface area (TPSA) is 121 Å². The third-order valence-corrected chi connectivity index (χ3v) is 2.03. The smallest absolute Gasteiger partial charge is 0.257 e. The minimum Gasteiger partial charge on any atom is -0.368 e. The number of carbonyl (C=O) groups is 1. The average Bonchev–Trinajstić information content (AvgIpc) is 2.32. The van der Waals surface area contributed by atoms with Crippen molar-refractivity contribution in [3.63, 3.8) is 0 Å². The van der Waals surface area contributed by atoms with E-state index in [1.165, 1.54) is 12.3 Å². The molecule has 0 aliphatic carbocycles. The molecule has 0 saturated carbocycles. The van der Waals surface area contributed by atoms with Crippen molar-refractivity contribution in [1.82, 2.24) is 9.78 Å². The maximum Gasteiger partial charge on any atom is 0.257 e. The minimum absolute atomic E-state index is 0.171. The fourth-order valence-corrected chi connectivity index (χ4v) is 1.21. The number of aromatic nitrogens is 2. The SMILES string of the molecule is NC(=O)Cn1ccc(S(N)(=O)=O)n1. The normalized spacial score (nSPS) is 11.5. The highest BCUT2D eigenvalue weighted by Crippen LogP contribution is 2.00. The van der Waals surface area contributed by atoms with Crippen molar-refractivity contribution in [3.8, 4) is 0 Å². The van der Waals surface area contributed by atoms with E-state index in [4.69, 9.17) is 10.9 Å². The highest BCUT2D eigenvalue weighted by Gasteiger charge is 2.11. The number of rotatable bonds is 3. The number of primary amides is 1. The lowest BCUT2D eigenvalue weighted by molar-refractivity contribution is -0.118. The van der Waals surface area contributed by atoms with Crippen LogP contribution in [0.4, 0.5) is 0 Å². The number of nitrogens with two attached hydrogens (primary N) is 2. The van der Waals surface area contributed by atoms with Crippen LogP contribution in [0.25, 0.3) is 0 Å². The van der Waals surface area contributed by atoms with Crippen LogP contribution in [0.3, 0.4) is 0 Å². The number of hydrogen-bond donors (Lipinski definition) is 2. The van der Waals surface area contributed by atoms with Crippen molar-refractivity contribution in [2.45, 2.75) is 11.6 Å². The Morgan fingerprint density at radius 3 is 2.62 bits per heavy atom. The highest BCUT2D eigenvalue weighted by atomic mass is 32.2. The van der Waals surface area contributed by atoms with Crippen LogP contribution >= 0.6 is 0 Å². The Morgan fingerprint density at radius 1 is 1.62 bits per heavy atom. The van der Waals surface area contributed by atoms with Gasteiger partial charge in [0, 0.05) is 6.20 Å². The number of carbonyl (C=O) groups excluding carboxylic acids is 1. The first-order valence-electron chi connectivity index (χ1n) is 3.24. The van der Waals surface area contributed by atoms with Gasteiger partial charge < -0.3 is 5.73 Å². The molecule has 0 atom stereocenters. The van der Waals surface area contributed by atoms with Gasteiger partial charge in [0.15, 0.2) is 5.03 Å². The summed E-state index contributed by atoms with van der Waals surface area (Å²) in [6.45, 7) is -0.171. The number of nitrogens with zero attached hydrogens (tertiary/aromatic N) is 2. The van der Waals surface area contributed by atoms with Gasteiger partial charge in [-0.05, 0) is 6.07 Å². The molecule has 0 saturated heterocycles. The van der Waals surface area contributed by atoms with Gasteiger partial charge in [-0.15, -0.1) is 0 Å². The summed E-state index contributed by atoms with van der Waals surface area (Å²) in [6, 6.07) is 1.19. The lowest BCUT2D eigenvalue weighted by Crippen LogP contribution is -2.20. The lowest BCUT2D eigenvalue weighted by Gasteiger charge is -1.94. The van der Waals surface area contributed by atoms with Gasteiger partial charge in [0.25, 0.3) is 10.0 Å². The molecule has 0 fully saturated rings. The van der Waals surface area contributed by atoms with Crippen LogP contribution in [0, 0.1) is 0 Å². The summed E-state index contributed by atoms with van der Waals surface area (Å²) in [5, 5.41) is 8.02. The average molecular weight is 204 g/mol. The number of primary sulfonamides is 1. The molecule has 0 bridgehead atoms. The molecule has 1 heterocycles. The second-order valence-electron chi connectivity index (χ2n) is 2.36. The van der Waals surface area contributed by atoms with Gasteiger partial charge in [-0.25, -0.2) is 13.6 Å². The van der Waals surface area contributed by atoms with E-state index in [2.05, 4.69) is 5.10 Å². The molecule has 0 radical (unpaired) electrons. The monoisotopic (exact) mass is 204 g/mol. The van der Waals surface area contributed by atoms with Gasteiger partial charge in [0.2, 0.25) is 5.91 Å². The first-order valence-corrected chi connectivity index (χ1v) is 4.79. The first-order chi connectivity index (χ1) is 5.89. The number of amides is 1. The summed E-state index contributed by atoms with van der Waals surface area (Å²) in [5.74, 6) is -0.607. The Balaban J connectivity index is 2.94. The predicted octanol–water partition coefficient (Wildman–Crippen LogP) is -1.98. The maximum absolute atomic E-state index is 10.7. The Bertz CT molecular complexity index is 421. The van der Waals surface area contributed by atoms with Gasteiger partial charge in [-0.3, -0.25) is 9.48 Å². The zero-order valence-electron chi connectivity index (χ0n) is 6.54. The summed E-state index contributed by atoms with van der Waals surface area (Å²) in [6.07, 6.45) is 1.31. The molecule has 0 aliphatic rings. The summed E-state index contributed by atoms with van der Waals surface area (Å²) < 4.78 is 22.5. The molecule has 0 aliphatic heterocycles. The van der Waals surface area contributed by atoms with Crippen LogP contribution < -0.4 is 10.9 Å². The van der Waals surface area contributed by atoms with E-state index in [0.717, 1.165) is 4.68 Å². The van der Waals surface area contributed by atoms with Crippen molar-refractivity contribution in [2.75, 3.05) is 0 Å². The molecule has 72 valence electrons. The van der Waals surface area contributed by atoms with Crippen LogP contribution in [0.5, 0.6) is 0 Å². The van der Waals surface area contributed by atoms with Gasteiger partial charge in [0.1, 0.15) is 6.54 Å². The summed E-state index contributed by atoms with van der Waals surface area (Å²) in [5.41, 5.74) is 4.86. The zero-order valence-corrected chi connectivity index (χ0v) is 7.36. The van der Waals surface area contributed by atoms with Gasteiger partial charge in [0.05, 0.1) is 0 Å². The van der Waals surface area contributed by atoms with E-state index in [0.29, 0.717) is 0 Å². The summed E-state index contributed by atoms with van der Waals surface area (Å²) >= 11 is 0. The molecular weight excluding hydrogens is 196 g/mol. The lowest BCUT2D eigenvalue weighted by atomic mass is 10.6. The molecule has 4 N–H and O–H groups in total. The van der Waals surface area contributed by atoms with Crippen molar-refractivity contribution in [2.24, 2.45) is 10.9 Å². The van der Waals surface area contributed by atoms with Crippen LogP contribution in [0.1, 0.15) is 0 Å². The van der Waals surface area contributed by atoms with Crippen molar-refractivity contribution >= 4 is 15.9 Å². The molecule has 8 heteroatoms. The number of sulfonamides is 1. The van der Waals surface area contributed by atoms with Crippen molar-refractivity contribution in [1.29, 1.82) is 0 Å². The van der Waals surface area contributed by atoms with Crippen LogP contribution in [0.2, 0.25) is 0 Å². The Kier molecular flexibility index (Phi) is 2.34. The number of hydrogen-bond acceptors (Lipinski definition) is 4. The molecule has 1 rings (SSSR count). The summed E-state index contributed by atoms with van der Waals surface area (Å²) in [7, 11) is -3.80. The molecule has 7 nitrogen and oxygen atoms in total. The minimum atomic E-state index is -3.80. The van der Waals surface area contributed by atoms with E-state index < -0.39 is 15.9 Å². The van der Waals surface area contributed by atoms with E-state index >= 15 is 0 Å². The highest BCUT2D eigenvalue weighted by molar-refractivity contribution is 7.89. The molecule has 0 aromatic carbocycles. The molecular formula is C5H8N4O3S. The van der Waals surface area contributed by atoms with E-state index in [9.17, 15) is 13.2 Å². The second-order valence-corrected chi connectivity index (χ2v) is 3.87. The molecule has 0 spiro atoms. The Hall–Kier alpha value is -1.41.